The Balaban J connectivity index is 2.44. The maximum atomic E-state index is 11.5. The molecule has 0 saturated heterocycles. The molecule has 1 heterocycles. The summed E-state index contributed by atoms with van der Waals surface area (Å²) in [4.78, 5) is 19.7. The number of nitrogens with one attached hydrogen (secondary N) is 3. The van der Waals surface area contributed by atoms with Crippen LogP contribution in [0.5, 0.6) is 0 Å². The highest BCUT2D eigenvalue weighted by Gasteiger charge is 2.09. The molecule has 0 radical (unpaired) electrons. The molecule has 1 aromatic rings. The minimum atomic E-state index is -0.0289. The summed E-state index contributed by atoms with van der Waals surface area (Å²) in [7, 11) is 1.60. The number of aromatic nitrogens is 2. The maximum Gasteiger partial charge on any atom is 0.221 e. The fraction of sp³-hybridized carbons (Fsp3) is 0.583. The molecule has 8 heteroatoms. The summed E-state index contributed by atoms with van der Waals surface area (Å²) in [6.45, 7) is 3.51. The quantitative estimate of drug-likeness (QED) is 0.284. The maximum absolute atomic E-state index is 11.5. The van der Waals surface area contributed by atoms with E-state index >= 15 is 0 Å². The molecule has 0 bridgehead atoms. The number of amides is 1. The van der Waals surface area contributed by atoms with Crippen LogP contribution in [0, 0.1) is 0 Å². The van der Waals surface area contributed by atoms with Gasteiger partial charge in [0.05, 0.1) is 6.61 Å². The zero-order valence-corrected chi connectivity index (χ0v) is 11.9. The molecule has 0 aliphatic carbocycles. The summed E-state index contributed by atoms with van der Waals surface area (Å²) in [6.07, 6.45) is 2.53. The van der Waals surface area contributed by atoms with Gasteiger partial charge in [0.1, 0.15) is 18.0 Å². The molecule has 0 saturated carbocycles. The van der Waals surface area contributed by atoms with Crippen LogP contribution in [-0.4, -0.2) is 42.7 Å². The van der Waals surface area contributed by atoms with Gasteiger partial charge in [-0.25, -0.2) is 15.8 Å². The molecule has 20 heavy (non-hydrogen) atoms. The summed E-state index contributed by atoms with van der Waals surface area (Å²) in [6, 6.07) is 0. The zero-order valence-electron chi connectivity index (χ0n) is 11.9. The van der Waals surface area contributed by atoms with Gasteiger partial charge in [-0.1, -0.05) is 6.92 Å². The average Bonchev–Trinajstić information content (AvgIpc) is 2.47. The number of rotatable bonds is 9. The van der Waals surface area contributed by atoms with E-state index in [1.54, 1.807) is 7.11 Å². The largest absolute Gasteiger partial charge is 0.383 e. The van der Waals surface area contributed by atoms with E-state index in [9.17, 15) is 4.79 Å². The van der Waals surface area contributed by atoms with Crippen molar-refractivity contribution in [3.63, 3.8) is 0 Å². The van der Waals surface area contributed by atoms with Crippen molar-refractivity contribution in [2.45, 2.75) is 19.8 Å². The van der Waals surface area contributed by atoms with Crippen LogP contribution in [0.2, 0.25) is 0 Å². The topological polar surface area (TPSA) is 114 Å². The summed E-state index contributed by atoms with van der Waals surface area (Å²) < 4.78 is 4.86. The second-order valence-electron chi connectivity index (χ2n) is 4.07. The van der Waals surface area contributed by atoms with Crippen LogP contribution in [0.3, 0.4) is 0 Å². The van der Waals surface area contributed by atoms with Crippen molar-refractivity contribution in [3.8, 4) is 0 Å². The van der Waals surface area contributed by atoms with Crippen molar-refractivity contribution in [2.75, 3.05) is 37.5 Å². The lowest BCUT2D eigenvalue weighted by Crippen LogP contribution is -2.28. The first-order valence-electron chi connectivity index (χ1n) is 6.52. The van der Waals surface area contributed by atoms with Crippen molar-refractivity contribution >= 4 is 17.5 Å². The zero-order chi connectivity index (χ0) is 14.8. The highest BCUT2D eigenvalue weighted by Crippen LogP contribution is 2.19. The Hall–Kier alpha value is -1.93. The molecule has 1 aromatic heterocycles. The Kier molecular flexibility index (Phi) is 7.30. The van der Waals surface area contributed by atoms with Gasteiger partial charge in [-0.05, 0) is 6.42 Å². The molecule has 0 atom stereocenters. The van der Waals surface area contributed by atoms with Crippen molar-refractivity contribution < 1.29 is 9.53 Å². The fourth-order valence-corrected chi connectivity index (χ4v) is 1.70. The molecule has 112 valence electrons. The molecule has 5 N–H and O–H groups in total. The Labute approximate surface area is 118 Å². The molecular weight excluding hydrogens is 260 g/mol. The minimum absolute atomic E-state index is 0.0289. The predicted molar refractivity (Wildman–Crippen MR) is 77.2 cm³/mol. The van der Waals surface area contributed by atoms with E-state index in [2.05, 4.69) is 26.0 Å². The number of nitrogens with zero attached hydrogens (tertiary/aromatic N) is 2. The molecule has 1 rings (SSSR count). The van der Waals surface area contributed by atoms with Gasteiger partial charge in [-0.15, -0.1) is 0 Å². The minimum Gasteiger partial charge on any atom is -0.383 e. The van der Waals surface area contributed by atoms with E-state index in [1.165, 1.54) is 6.33 Å². The fourth-order valence-electron chi connectivity index (χ4n) is 1.70. The number of hydrogen-bond acceptors (Lipinski definition) is 7. The van der Waals surface area contributed by atoms with Crippen LogP contribution in [0.25, 0.3) is 0 Å². The Morgan fingerprint density at radius 1 is 1.35 bits per heavy atom. The van der Waals surface area contributed by atoms with Crippen molar-refractivity contribution in [1.29, 1.82) is 0 Å². The lowest BCUT2D eigenvalue weighted by atomic mass is 10.2. The molecule has 0 aliphatic rings. The van der Waals surface area contributed by atoms with E-state index in [0.717, 1.165) is 12.0 Å². The van der Waals surface area contributed by atoms with Crippen LogP contribution in [0.15, 0.2) is 6.33 Å². The number of hydrazine groups is 1. The van der Waals surface area contributed by atoms with Gasteiger partial charge in [-0.2, -0.15) is 0 Å². The lowest BCUT2D eigenvalue weighted by molar-refractivity contribution is -0.121. The van der Waals surface area contributed by atoms with E-state index in [0.29, 0.717) is 37.8 Å². The smallest absolute Gasteiger partial charge is 0.221 e. The molecule has 0 aromatic carbocycles. The highest BCUT2D eigenvalue weighted by atomic mass is 16.5. The lowest BCUT2D eigenvalue weighted by Gasteiger charge is -2.12. The van der Waals surface area contributed by atoms with E-state index in [1.807, 2.05) is 6.92 Å². The van der Waals surface area contributed by atoms with Crippen molar-refractivity contribution in [3.05, 3.63) is 11.9 Å². The second-order valence-corrected chi connectivity index (χ2v) is 4.07. The first-order valence-corrected chi connectivity index (χ1v) is 6.52. The van der Waals surface area contributed by atoms with Crippen LogP contribution in [0.1, 0.15) is 18.9 Å². The first kappa shape index (κ1) is 16.1. The number of hydrogen-bond donors (Lipinski definition) is 4. The Morgan fingerprint density at radius 2 is 2.10 bits per heavy atom. The van der Waals surface area contributed by atoms with Gasteiger partial charge >= 0.3 is 0 Å². The number of methoxy groups -OCH3 is 1. The van der Waals surface area contributed by atoms with Crippen LogP contribution < -0.4 is 21.9 Å². The van der Waals surface area contributed by atoms with Crippen molar-refractivity contribution in [1.82, 2.24) is 15.3 Å². The summed E-state index contributed by atoms with van der Waals surface area (Å²) in [5.74, 6) is 6.65. The second kappa shape index (κ2) is 9.05. The Bertz CT molecular complexity index is 426. The number of carbonyl (C=O) groups is 1. The third-order valence-corrected chi connectivity index (χ3v) is 2.71. The summed E-state index contributed by atoms with van der Waals surface area (Å²) in [5, 5.41) is 5.87. The van der Waals surface area contributed by atoms with Crippen LogP contribution >= 0.6 is 0 Å². The molecule has 0 aliphatic heterocycles. The highest BCUT2D eigenvalue weighted by molar-refractivity contribution is 5.76. The van der Waals surface area contributed by atoms with Crippen LogP contribution in [0.4, 0.5) is 11.6 Å². The van der Waals surface area contributed by atoms with Gasteiger partial charge < -0.3 is 20.8 Å². The SMILES string of the molecule is CCc1c(NN)ncnc1NCCC(=O)NCCOC. The normalized spacial score (nSPS) is 10.2. The third-order valence-electron chi connectivity index (χ3n) is 2.71. The van der Waals surface area contributed by atoms with Gasteiger partial charge in [0.2, 0.25) is 5.91 Å². The van der Waals surface area contributed by atoms with E-state index < -0.39 is 0 Å². The van der Waals surface area contributed by atoms with E-state index in [-0.39, 0.29) is 5.91 Å². The van der Waals surface area contributed by atoms with Gasteiger partial charge in [0.15, 0.2) is 0 Å². The van der Waals surface area contributed by atoms with Gasteiger partial charge in [0, 0.05) is 32.2 Å². The number of nitrogens with two attached hydrogens (primary N) is 1. The van der Waals surface area contributed by atoms with Gasteiger partial charge in [-0.3, -0.25) is 4.79 Å². The first-order chi connectivity index (χ1) is 9.72. The number of carbonyl (C=O) groups excluding carboxylic acids is 1. The van der Waals surface area contributed by atoms with E-state index in [4.69, 9.17) is 10.6 Å². The predicted octanol–water partition coefficient (Wildman–Crippen LogP) is -0.111. The molecule has 0 unspecified atom stereocenters. The van der Waals surface area contributed by atoms with Crippen LogP contribution in [-0.2, 0) is 16.0 Å². The molecule has 0 fully saturated rings. The number of nitrogen functional groups attached to an aromatic ring is 1. The number of ether oxygens (including phenoxy) is 1. The standard InChI is InChI=1S/C12H22N6O2/c1-3-9-11(16-8-17-12(9)18-13)15-5-4-10(19)14-6-7-20-2/h8H,3-7,13H2,1-2H3,(H,14,19)(H2,15,16,17,18). The Morgan fingerprint density at radius 3 is 2.75 bits per heavy atom. The molecule has 0 spiro atoms. The average molecular weight is 282 g/mol. The summed E-state index contributed by atoms with van der Waals surface area (Å²) in [5.41, 5.74) is 3.43. The summed E-state index contributed by atoms with van der Waals surface area (Å²) >= 11 is 0. The van der Waals surface area contributed by atoms with Gasteiger partial charge in [0.25, 0.3) is 0 Å². The third kappa shape index (κ3) is 4.98. The number of anilines is 2. The molecular formula is C12H22N6O2. The molecule has 1 amide bonds. The van der Waals surface area contributed by atoms with Crippen molar-refractivity contribution in [2.24, 2.45) is 5.84 Å². The monoisotopic (exact) mass is 282 g/mol. The molecule has 8 nitrogen and oxygen atoms in total.